The van der Waals surface area contributed by atoms with Crippen LogP contribution < -0.4 is 5.32 Å². The maximum Gasteiger partial charge on any atom is 0.0400 e. The summed E-state index contributed by atoms with van der Waals surface area (Å²) in [5.41, 5.74) is 6.80. The van der Waals surface area contributed by atoms with E-state index in [0.717, 1.165) is 25.8 Å². The van der Waals surface area contributed by atoms with E-state index in [2.05, 4.69) is 91.1 Å². The molecular weight excluding hydrogens is 302 g/mol. The molecule has 0 spiro atoms. The first kappa shape index (κ1) is 17.3. The second-order valence-electron chi connectivity index (χ2n) is 6.56. The van der Waals surface area contributed by atoms with Gasteiger partial charge in [0, 0.05) is 12.2 Å². The molecular formula is C24H27N. The molecule has 0 bridgehead atoms. The van der Waals surface area contributed by atoms with Gasteiger partial charge in [0.1, 0.15) is 0 Å². The van der Waals surface area contributed by atoms with Crippen LogP contribution in [0.25, 0.3) is 0 Å². The van der Waals surface area contributed by atoms with Gasteiger partial charge in [-0.3, -0.25) is 0 Å². The van der Waals surface area contributed by atoms with Crippen molar-refractivity contribution in [1.29, 1.82) is 0 Å². The number of benzene rings is 3. The zero-order valence-corrected chi connectivity index (χ0v) is 15.0. The minimum Gasteiger partial charge on any atom is -0.381 e. The maximum atomic E-state index is 3.59. The second-order valence-corrected chi connectivity index (χ2v) is 6.56. The normalized spacial score (nSPS) is 10.6. The van der Waals surface area contributed by atoms with E-state index in [4.69, 9.17) is 0 Å². The van der Waals surface area contributed by atoms with Crippen LogP contribution in [0.1, 0.15) is 35.6 Å². The van der Waals surface area contributed by atoms with Crippen molar-refractivity contribution >= 4 is 5.69 Å². The van der Waals surface area contributed by atoms with E-state index in [1.165, 1.54) is 34.4 Å². The van der Waals surface area contributed by atoms with E-state index in [1.54, 1.807) is 0 Å². The quantitative estimate of drug-likeness (QED) is 0.531. The van der Waals surface area contributed by atoms with Gasteiger partial charge in [0.25, 0.3) is 0 Å². The summed E-state index contributed by atoms with van der Waals surface area (Å²) < 4.78 is 0. The van der Waals surface area contributed by atoms with Crippen LogP contribution in [0.15, 0.2) is 78.9 Å². The van der Waals surface area contributed by atoms with Gasteiger partial charge in [0.2, 0.25) is 0 Å². The number of hydrogen-bond acceptors (Lipinski definition) is 1. The minimum atomic E-state index is 0.875. The first-order chi connectivity index (χ1) is 12.3. The topological polar surface area (TPSA) is 12.0 Å². The fourth-order valence-electron chi connectivity index (χ4n) is 3.13. The van der Waals surface area contributed by atoms with E-state index in [1.807, 2.05) is 0 Å². The summed E-state index contributed by atoms with van der Waals surface area (Å²) in [6.07, 6.45) is 4.50. The van der Waals surface area contributed by atoms with Gasteiger partial charge in [-0.2, -0.15) is 0 Å². The average Bonchev–Trinajstić information content (AvgIpc) is 2.68. The third kappa shape index (κ3) is 5.22. The third-order valence-corrected chi connectivity index (χ3v) is 4.59. The Kier molecular flexibility index (Phi) is 6.28. The summed E-state index contributed by atoms with van der Waals surface area (Å²) >= 11 is 0. The summed E-state index contributed by atoms with van der Waals surface area (Å²) in [7, 11) is 0. The van der Waals surface area contributed by atoms with Crippen molar-refractivity contribution < 1.29 is 0 Å². The molecule has 3 rings (SSSR count). The molecule has 1 heteroatoms. The highest BCUT2D eigenvalue weighted by molar-refractivity contribution is 5.51. The lowest BCUT2D eigenvalue weighted by Gasteiger charge is -2.12. The van der Waals surface area contributed by atoms with Gasteiger partial charge >= 0.3 is 0 Å². The largest absolute Gasteiger partial charge is 0.381 e. The summed E-state index contributed by atoms with van der Waals surface area (Å²) in [5.74, 6) is 0. The molecule has 0 atom stereocenters. The SMILES string of the molecule is CCCc1ccccc1NCc1ccc(CCc2ccccc2)cc1. The fourth-order valence-corrected chi connectivity index (χ4v) is 3.13. The van der Waals surface area contributed by atoms with Crippen molar-refractivity contribution in [3.63, 3.8) is 0 Å². The molecule has 1 nitrogen and oxygen atoms in total. The molecule has 3 aromatic carbocycles. The van der Waals surface area contributed by atoms with Gasteiger partial charge in [-0.05, 0) is 47.6 Å². The van der Waals surface area contributed by atoms with Crippen molar-refractivity contribution in [2.75, 3.05) is 5.32 Å². The molecule has 0 saturated carbocycles. The molecule has 0 aliphatic rings. The zero-order valence-electron chi connectivity index (χ0n) is 15.0. The van der Waals surface area contributed by atoms with Gasteiger partial charge < -0.3 is 5.32 Å². The summed E-state index contributed by atoms with van der Waals surface area (Å²) in [4.78, 5) is 0. The second kappa shape index (κ2) is 9.08. The Hall–Kier alpha value is -2.54. The van der Waals surface area contributed by atoms with Crippen LogP contribution in [-0.2, 0) is 25.8 Å². The molecule has 25 heavy (non-hydrogen) atoms. The molecule has 0 aliphatic carbocycles. The van der Waals surface area contributed by atoms with Crippen LogP contribution in [0.4, 0.5) is 5.69 Å². The number of nitrogens with one attached hydrogen (secondary N) is 1. The Balaban J connectivity index is 1.54. The number of aryl methyl sites for hydroxylation is 3. The molecule has 128 valence electrons. The smallest absolute Gasteiger partial charge is 0.0400 e. The van der Waals surface area contributed by atoms with E-state index in [0.29, 0.717) is 0 Å². The first-order valence-corrected chi connectivity index (χ1v) is 9.28. The first-order valence-electron chi connectivity index (χ1n) is 9.28. The Bertz CT molecular complexity index is 760. The van der Waals surface area contributed by atoms with Gasteiger partial charge in [-0.15, -0.1) is 0 Å². The van der Waals surface area contributed by atoms with Crippen molar-refractivity contribution in [3.8, 4) is 0 Å². The van der Waals surface area contributed by atoms with Gasteiger partial charge in [0.05, 0.1) is 0 Å². The summed E-state index contributed by atoms with van der Waals surface area (Å²) in [5, 5.41) is 3.59. The van der Waals surface area contributed by atoms with Gasteiger partial charge in [-0.25, -0.2) is 0 Å². The molecule has 3 aromatic rings. The zero-order chi connectivity index (χ0) is 17.3. The lowest BCUT2D eigenvalue weighted by atomic mass is 10.0. The van der Waals surface area contributed by atoms with Crippen LogP contribution in [0, 0.1) is 0 Å². The molecule has 0 saturated heterocycles. The van der Waals surface area contributed by atoms with E-state index in [-0.39, 0.29) is 0 Å². The van der Waals surface area contributed by atoms with E-state index in [9.17, 15) is 0 Å². The number of para-hydroxylation sites is 1. The standard InChI is InChI=1S/C24H27N/c1-2-8-23-11-6-7-12-24(23)25-19-22-17-15-21(16-18-22)14-13-20-9-4-3-5-10-20/h3-7,9-12,15-18,25H,2,8,13-14,19H2,1H3. The number of anilines is 1. The van der Waals surface area contributed by atoms with Crippen molar-refractivity contribution in [2.24, 2.45) is 0 Å². The van der Waals surface area contributed by atoms with Crippen LogP contribution in [0.5, 0.6) is 0 Å². The van der Waals surface area contributed by atoms with E-state index < -0.39 is 0 Å². The highest BCUT2D eigenvalue weighted by atomic mass is 14.9. The predicted molar refractivity (Wildman–Crippen MR) is 108 cm³/mol. The molecule has 0 aliphatic heterocycles. The Morgan fingerprint density at radius 1 is 0.600 bits per heavy atom. The Morgan fingerprint density at radius 2 is 1.20 bits per heavy atom. The Morgan fingerprint density at radius 3 is 1.92 bits per heavy atom. The van der Waals surface area contributed by atoms with E-state index >= 15 is 0 Å². The Labute approximate surface area is 151 Å². The molecule has 0 unspecified atom stereocenters. The van der Waals surface area contributed by atoms with Crippen LogP contribution >= 0.6 is 0 Å². The molecule has 0 aromatic heterocycles. The van der Waals surface area contributed by atoms with Gasteiger partial charge in [-0.1, -0.05) is 86.1 Å². The summed E-state index contributed by atoms with van der Waals surface area (Å²) in [6.45, 7) is 3.10. The average molecular weight is 329 g/mol. The third-order valence-electron chi connectivity index (χ3n) is 4.59. The monoisotopic (exact) mass is 329 g/mol. The molecule has 0 heterocycles. The fraction of sp³-hybridized carbons (Fsp3) is 0.250. The lowest BCUT2D eigenvalue weighted by Crippen LogP contribution is -2.02. The highest BCUT2D eigenvalue weighted by Gasteiger charge is 2.01. The molecule has 0 amide bonds. The van der Waals surface area contributed by atoms with Crippen molar-refractivity contribution in [2.45, 2.75) is 39.2 Å². The van der Waals surface area contributed by atoms with Crippen LogP contribution in [0.2, 0.25) is 0 Å². The van der Waals surface area contributed by atoms with Crippen LogP contribution in [-0.4, -0.2) is 0 Å². The minimum absolute atomic E-state index is 0.875. The summed E-state index contributed by atoms with van der Waals surface area (Å²) in [6, 6.07) is 28.3. The number of hydrogen-bond donors (Lipinski definition) is 1. The highest BCUT2D eigenvalue weighted by Crippen LogP contribution is 2.18. The van der Waals surface area contributed by atoms with Crippen LogP contribution in [0.3, 0.4) is 0 Å². The molecule has 1 N–H and O–H groups in total. The van der Waals surface area contributed by atoms with Gasteiger partial charge in [0.15, 0.2) is 0 Å². The van der Waals surface area contributed by atoms with Crippen molar-refractivity contribution in [3.05, 3.63) is 101 Å². The molecule has 0 fully saturated rings. The maximum absolute atomic E-state index is 3.59. The van der Waals surface area contributed by atoms with Crippen molar-refractivity contribution in [1.82, 2.24) is 0 Å². The predicted octanol–water partition coefficient (Wildman–Crippen LogP) is 6.04. The lowest BCUT2D eigenvalue weighted by molar-refractivity contribution is 0.919. The number of rotatable bonds is 8. The molecule has 0 radical (unpaired) electrons.